The third kappa shape index (κ3) is 2.62. The van der Waals surface area contributed by atoms with Gasteiger partial charge in [-0.25, -0.2) is 9.97 Å². The standard InChI is InChI=1S/C13H18N4S/c1-10-9-18-13(16-10)7-14-6-11-2-3-12-15-4-5-17(12)8-11/h4-5,9,11,14H,2-3,6-8H2,1H3/t11-/m0/s1. The second-order valence-electron chi connectivity index (χ2n) is 4.91. The van der Waals surface area contributed by atoms with Gasteiger partial charge in [-0.1, -0.05) is 0 Å². The average Bonchev–Trinajstić information content (AvgIpc) is 2.97. The Hall–Kier alpha value is -1.20. The second kappa shape index (κ2) is 5.20. The highest BCUT2D eigenvalue weighted by Gasteiger charge is 2.18. The summed E-state index contributed by atoms with van der Waals surface area (Å²) < 4.78 is 2.28. The van der Waals surface area contributed by atoms with E-state index in [4.69, 9.17) is 0 Å². The summed E-state index contributed by atoms with van der Waals surface area (Å²) in [5, 5.41) is 6.82. The number of imidazole rings is 1. The van der Waals surface area contributed by atoms with Crippen molar-refractivity contribution in [2.75, 3.05) is 6.54 Å². The molecule has 2 aromatic heterocycles. The lowest BCUT2D eigenvalue weighted by molar-refractivity contribution is 0.347. The first-order chi connectivity index (χ1) is 8.81. The quantitative estimate of drug-likeness (QED) is 0.916. The van der Waals surface area contributed by atoms with E-state index in [1.807, 2.05) is 13.1 Å². The number of nitrogens with zero attached hydrogens (tertiary/aromatic N) is 3. The molecule has 3 heterocycles. The molecule has 0 fully saturated rings. The summed E-state index contributed by atoms with van der Waals surface area (Å²) in [6, 6.07) is 0. The maximum absolute atomic E-state index is 4.46. The number of aromatic nitrogens is 3. The monoisotopic (exact) mass is 262 g/mol. The minimum Gasteiger partial charge on any atom is -0.335 e. The Labute approximate surface area is 111 Å². The zero-order chi connectivity index (χ0) is 12.4. The SMILES string of the molecule is Cc1csc(CNC[C@@H]2CCc3nccn3C2)n1. The van der Waals surface area contributed by atoms with Gasteiger partial charge in [0.25, 0.3) is 0 Å². The summed E-state index contributed by atoms with van der Waals surface area (Å²) in [7, 11) is 0. The van der Waals surface area contributed by atoms with Crippen LogP contribution in [0.5, 0.6) is 0 Å². The van der Waals surface area contributed by atoms with Crippen molar-refractivity contribution in [3.8, 4) is 0 Å². The van der Waals surface area contributed by atoms with E-state index in [1.54, 1.807) is 11.3 Å². The van der Waals surface area contributed by atoms with Gasteiger partial charge in [-0.05, 0) is 19.3 Å². The van der Waals surface area contributed by atoms with Crippen LogP contribution in [-0.4, -0.2) is 21.1 Å². The molecular formula is C13H18N4S. The van der Waals surface area contributed by atoms with Gasteiger partial charge in [0, 0.05) is 49.5 Å². The van der Waals surface area contributed by atoms with Gasteiger partial charge in [0.15, 0.2) is 0 Å². The fourth-order valence-electron chi connectivity index (χ4n) is 2.47. The maximum atomic E-state index is 4.46. The number of nitrogens with one attached hydrogen (secondary N) is 1. The third-order valence-electron chi connectivity index (χ3n) is 3.41. The Balaban J connectivity index is 1.47. The van der Waals surface area contributed by atoms with Crippen LogP contribution < -0.4 is 5.32 Å². The number of hydrogen-bond acceptors (Lipinski definition) is 4. The molecule has 1 atom stereocenters. The molecule has 2 aromatic rings. The van der Waals surface area contributed by atoms with Gasteiger partial charge in [0.05, 0.1) is 0 Å². The maximum Gasteiger partial charge on any atom is 0.108 e. The molecule has 0 saturated carbocycles. The molecule has 0 radical (unpaired) electrons. The Morgan fingerprint density at radius 3 is 3.33 bits per heavy atom. The fraction of sp³-hybridized carbons (Fsp3) is 0.538. The van der Waals surface area contributed by atoms with E-state index in [0.717, 1.165) is 31.7 Å². The first kappa shape index (κ1) is 11.9. The summed E-state index contributed by atoms with van der Waals surface area (Å²) >= 11 is 1.74. The van der Waals surface area contributed by atoms with Crippen molar-refractivity contribution < 1.29 is 0 Å². The molecule has 18 heavy (non-hydrogen) atoms. The summed E-state index contributed by atoms with van der Waals surface area (Å²) in [6.45, 7) is 5.10. The summed E-state index contributed by atoms with van der Waals surface area (Å²) in [5.41, 5.74) is 1.12. The van der Waals surface area contributed by atoms with Crippen LogP contribution in [0.15, 0.2) is 17.8 Å². The molecule has 0 spiro atoms. The predicted molar refractivity (Wildman–Crippen MR) is 72.6 cm³/mol. The molecule has 5 heteroatoms. The van der Waals surface area contributed by atoms with Crippen molar-refractivity contribution >= 4 is 11.3 Å². The lowest BCUT2D eigenvalue weighted by atomic mass is 9.99. The molecule has 0 unspecified atom stereocenters. The highest BCUT2D eigenvalue weighted by molar-refractivity contribution is 7.09. The van der Waals surface area contributed by atoms with Gasteiger partial charge < -0.3 is 9.88 Å². The molecule has 1 N–H and O–H groups in total. The average molecular weight is 262 g/mol. The largest absolute Gasteiger partial charge is 0.335 e. The minimum atomic E-state index is 0.716. The summed E-state index contributed by atoms with van der Waals surface area (Å²) in [5.74, 6) is 1.95. The predicted octanol–water partition coefficient (Wildman–Crippen LogP) is 2.00. The lowest BCUT2D eigenvalue weighted by Gasteiger charge is -2.23. The van der Waals surface area contributed by atoms with Crippen LogP contribution in [-0.2, 0) is 19.5 Å². The van der Waals surface area contributed by atoms with Crippen LogP contribution in [0.3, 0.4) is 0 Å². The summed E-state index contributed by atoms with van der Waals surface area (Å²) in [4.78, 5) is 8.82. The zero-order valence-corrected chi connectivity index (χ0v) is 11.4. The van der Waals surface area contributed by atoms with Crippen LogP contribution in [0, 0.1) is 12.8 Å². The lowest BCUT2D eigenvalue weighted by Crippen LogP contribution is -2.29. The smallest absolute Gasteiger partial charge is 0.108 e. The van der Waals surface area contributed by atoms with Gasteiger partial charge >= 0.3 is 0 Å². The molecule has 96 valence electrons. The molecule has 0 saturated heterocycles. The number of rotatable bonds is 4. The van der Waals surface area contributed by atoms with Gasteiger partial charge in [-0.15, -0.1) is 11.3 Å². The van der Waals surface area contributed by atoms with E-state index in [2.05, 4.69) is 31.4 Å². The molecule has 0 aliphatic carbocycles. The molecule has 1 aliphatic rings. The topological polar surface area (TPSA) is 42.7 Å². The van der Waals surface area contributed by atoms with Crippen molar-refractivity contribution in [1.82, 2.24) is 19.9 Å². The summed E-state index contributed by atoms with van der Waals surface area (Å²) in [6.07, 6.45) is 6.34. The Morgan fingerprint density at radius 1 is 1.56 bits per heavy atom. The molecule has 1 aliphatic heterocycles. The third-order valence-corrected chi connectivity index (χ3v) is 4.38. The van der Waals surface area contributed by atoms with E-state index in [-0.39, 0.29) is 0 Å². The number of hydrogen-bond donors (Lipinski definition) is 1. The van der Waals surface area contributed by atoms with E-state index >= 15 is 0 Å². The van der Waals surface area contributed by atoms with Crippen LogP contribution in [0.25, 0.3) is 0 Å². The van der Waals surface area contributed by atoms with Gasteiger partial charge in [0.2, 0.25) is 0 Å². The Morgan fingerprint density at radius 2 is 2.50 bits per heavy atom. The number of fused-ring (bicyclic) bond motifs is 1. The van der Waals surface area contributed by atoms with Gasteiger partial charge in [0.1, 0.15) is 10.8 Å². The van der Waals surface area contributed by atoms with Gasteiger partial charge in [-0.2, -0.15) is 0 Å². The second-order valence-corrected chi connectivity index (χ2v) is 5.86. The molecule has 3 rings (SSSR count). The number of thiazole rings is 1. The van der Waals surface area contributed by atoms with E-state index < -0.39 is 0 Å². The number of aryl methyl sites for hydroxylation is 2. The molecule has 0 aromatic carbocycles. The van der Waals surface area contributed by atoms with Crippen molar-refractivity contribution in [3.05, 3.63) is 34.3 Å². The Bertz CT molecular complexity index is 517. The molecular weight excluding hydrogens is 244 g/mol. The van der Waals surface area contributed by atoms with Crippen LogP contribution in [0.2, 0.25) is 0 Å². The van der Waals surface area contributed by atoms with E-state index in [0.29, 0.717) is 5.92 Å². The first-order valence-corrected chi connectivity index (χ1v) is 7.31. The van der Waals surface area contributed by atoms with Crippen molar-refractivity contribution in [1.29, 1.82) is 0 Å². The molecule has 4 nitrogen and oxygen atoms in total. The van der Waals surface area contributed by atoms with Crippen molar-refractivity contribution in [3.63, 3.8) is 0 Å². The minimum absolute atomic E-state index is 0.716. The van der Waals surface area contributed by atoms with Crippen LogP contribution in [0.1, 0.15) is 22.9 Å². The van der Waals surface area contributed by atoms with Crippen LogP contribution >= 0.6 is 11.3 Å². The normalized spacial score (nSPS) is 18.8. The highest BCUT2D eigenvalue weighted by atomic mass is 32.1. The van der Waals surface area contributed by atoms with E-state index in [9.17, 15) is 0 Å². The van der Waals surface area contributed by atoms with Crippen molar-refractivity contribution in [2.45, 2.75) is 32.9 Å². The van der Waals surface area contributed by atoms with Crippen molar-refractivity contribution in [2.24, 2.45) is 5.92 Å². The fourth-order valence-corrected chi connectivity index (χ4v) is 3.21. The Kier molecular flexibility index (Phi) is 3.43. The zero-order valence-electron chi connectivity index (χ0n) is 10.6. The van der Waals surface area contributed by atoms with Gasteiger partial charge in [-0.3, -0.25) is 0 Å². The highest BCUT2D eigenvalue weighted by Crippen LogP contribution is 2.18. The van der Waals surface area contributed by atoms with Crippen LogP contribution in [0.4, 0.5) is 0 Å². The molecule has 0 amide bonds. The first-order valence-electron chi connectivity index (χ1n) is 6.43. The molecule has 0 bridgehead atoms. The van der Waals surface area contributed by atoms with E-state index in [1.165, 1.54) is 17.3 Å².